The number of hydrogen-bond acceptors (Lipinski definition) is 4. The molecule has 110 valence electrons. The van der Waals surface area contributed by atoms with Gasteiger partial charge in [0.25, 0.3) is 5.91 Å². The SMILES string of the molecule is COc1cccc(NC(=O)c2cc(F)c(NN)c(F)c2)c1. The fourth-order valence-electron chi connectivity index (χ4n) is 1.75. The van der Waals surface area contributed by atoms with Crippen molar-refractivity contribution in [1.82, 2.24) is 0 Å². The number of nitrogens with two attached hydrogens (primary N) is 1. The van der Waals surface area contributed by atoms with E-state index in [9.17, 15) is 13.6 Å². The minimum absolute atomic E-state index is 0.160. The van der Waals surface area contributed by atoms with Crippen LogP contribution in [0.25, 0.3) is 0 Å². The molecule has 4 N–H and O–H groups in total. The fourth-order valence-corrected chi connectivity index (χ4v) is 1.75. The van der Waals surface area contributed by atoms with Crippen LogP contribution in [-0.2, 0) is 0 Å². The van der Waals surface area contributed by atoms with E-state index in [0.717, 1.165) is 12.1 Å². The van der Waals surface area contributed by atoms with Crippen molar-refractivity contribution < 1.29 is 18.3 Å². The van der Waals surface area contributed by atoms with E-state index in [1.54, 1.807) is 24.3 Å². The quantitative estimate of drug-likeness (QED) is 0.598. The Hall–Kier alpha value is -2.67. The average Bonchev–Trinajstić information content (AvgIpc) is 2.47. The molecule has 0 saturated carbocycles. The molecule has 2 rings (SSSR count). The maximum atomic E-state index is 13.5. The summed E-state index contributed by atoms with van der Waals surface area (Å²) in [7, 11) is 1.49. The van der Waals surface area contributed by atoms with Gasteiger partial charge < -0.3 is 15.5 Å². The first kappa shape index (κ1) is 14.7. The third-order valence-electron chi connectivity index (χ3n) is 2.78. The van der Waals surface area contributed by atoms with Gasteiger partial charge in [0.2, 0.25) is 0 Å². The number of amides is 1. The van der Waals surface area contributed by atoms with Crippen molar-refractivity contribution in [3.63, 3.8) is 0 Å². The number of ether oxygens (including phenoxy) is 1. The van der Waals surface area contributed by atoms with Crippen molar-refractivity contribution in [2.24, 2.45) is 5.84 Å². The first-order chi connectivity index (χ1) is 10.0. The van der Waals surface area contributed by atoms with Crippen molar-refractivity contribution in [2.45, 2.75) is 0 Å². The zero-order valence-electron chi connectivity index (χ0n) is 11.1. The smallest absolute Gasteiger partial charge is 0.255 e. The molecular formula is C14H13F2N3O2. The molecule has 0 radical (unpaired) electrons. The molecule has 0 aromatic heterocycles. The number of nitrogens with one attached hydrogen (secondary N) is 2. The lowest BCUT2D eigenvalue weighted by molar-refractivity contribution is 0.102. The second kappa shape index (κ2) is 6.19. The first-order valence-corrected chi connectivity index (χ1v) is 5.96. The Morgan fingerprint density at radius 3 is 2.43 bits per heavy atom. The van der Waals surface area contributed by atoms with E-state index in [1.165, 1.54) is 7.11 Å². The number of nitrogen functional groups attached to an aromatic ring is 1. The number of hydrogen-bond donors (Lipinski definition) is 3. The highest BCUT2D eigenvalue weighted by atomic mass is 19.1. The molecule has 0 fully saturated rings. The van der Waals surface area contributed by atoms with Crippen LogP contribution in [0.5, 0.6) is 5.75 Å². The van der Waals surface area contributed by atoms with Gasteiger partial charge in [-0.2, -0.15) is 0 Å². The molecule has 0 spiro atoms. The minimum atomic E-state index is -0.951. The van der Waals surface area contributed by atoms with Gasteiger partial charge in [-0.3, -0.25) is 10.6 Å². The number of rotatable bonds is 4. The molecule has 0 aliphatic rings. The van der Waals surface area contributed by atoms with Gasteiger partial charge in [0.1, 0.15) is 11.4 Å². The number of hydrazine groups is 1. The van der Waals surface area contributed by atoms with Crippen molar-refractivity contribution in [2.75, 3.05) is 17.9 Å². The molecule has 0 bridgehead atoms. The Bertz CT molecular complexity index is 654. The van der Waals surface area contributed by atoms with Crippen molar-refractivity contribution in [3.8, 4) is 5.75 Å². The van der Waals surface area contributed by atoms with E-state index < -0.39 is 23.2 Å². The Balaban J connectivity index is 2.24. The molecule has 0 atom stereocenters. The summed E-state index contributed by atoms with van der Waals surface area (Å²) in [6, 6.07) is 8.39. The number of anilines is 2. The molecule has 1 amide bonds. The Morgan fingerprint density at radius 1 is 1.19 bits per heavy atom. The van der Waals surface area contributed by atoms with Gasteiger partial charge in [-0.15, -0.1) is 0 Å². The van der Waals surface area contributed by atoms with E-state index in [0.29, 0.717) is 11.4 Å². The molecule has 2 aromatic carbocycles. The minimum Gasteiger partial charge on any atom is -0.497 e. The highest BCUT2D eigenvalue weighted by Crippen LogP contribution is 2.21. The number of carbonyl (C=O) groups is 1. The summed E-state index contributed by atoms with van der Waals surface area (Å²) in [5.41, 5.74) is 1.69. The predicted molar refractivity (Wildman–Crippen MR) is 75.1 cm³/mol. The van der Waals surface area contributed by atoms with E-state index in [1.807, 2.05) is 5.43 Å². The van der Waals surface area contributed by atoms with Crippen LogP contribution >= 0.6 is 0 Å². The molecule has 0 heterocycles. The summed E-state index contributed by atoms with van der Waals surface area (Å²) in [5, 5.41) is 2.52. The molecular weight excluding hydrogens is 280 g/mol. The predicted octanol–water partition coefficient (Wildman–Crippen LogP) is 2.51. The topological polar surface area (TPSA) is 76.4 Å². The van der Waals surface area contributed by atoms with Gasteiger partial charge in [0, 0.05) is 17.3 Å². The highest BCUT2D eigenvalue weighted by Gasteiger charge is 2.14. The van der Waals surface area contributed by atoms with Crippen molar-refractivity contribution >= 4 is 17.3 Å². The Kier molecular flexibility index (Phi) is 4.34. The standard InChI is InChI=1S/C14H13F2N3O2/c1-21-10-4-2-3-9(7-10)18-14(20)8-5-11(15)13(19-17)12(16)6-8/h2-7,19H,17H2,1H3,(H,18,20). The van der Waals surface area contributed by atoms with Crippen LogP contribution in [0.15, 0.2) is 36.4 Å². The summed E-state index contributed by atoms with van der Waals surface area (Å²) < 4.78 is 32.1. The molecule has 0 unspecified atom stereocenters. The van der Waals surface area contributed by atoms with Gasteiger partial charge in [0.05, 0.1) is 7.11 Å². The van der Waals surface area contributed by atoms with Gasteiger partial charge in [-0.25, -0.2) is 8.78 Å². The zero-order valence-corrected chi connectivity index (χ0v) is 11.1. The molecule has 0 saturated heterocycles. The zero-order chi connectivity index (χ0) is 15.4. The summed E-state index contributed by atoms with van der Waals surface area (Å²) in [4.78, 5) is 12.0. The van der Waals surface area contributed by atoms with Crippen LogP contribution < -0.4 is 21.3 Å². The molecule has 0 aliphatic heterocycles. The molecule has 7 heteroatoms. The highest BCUT2D eigenvalue weighted by molar-refractivity contribution is 6.04. The maximum absolute atomic E-state index is 13.5. The summed E-state index contributed by atoms with van der Waals surface area (Å²) >= 11 is 0. The van der Waals surface area contributed by atoms with Crippen LogP contribution in [-0.4, -0.2) is 13.0 Å². The monoisotopic (exact) mass is 293 g/mol. The van der Waals surface area contributed by atoms with E-state index in [-0.39, 0.29) is 5.56 Å². The third kappa shape index (κ3) is 3.26. The second-order valence-corrected chi connectivity index (χ2v) is 4.15. The summed E-state index contributed by atoms with van der Waals surface area (Å²) in [6.45, 7) is 0. The fraction of sp³-hybridized carbons (Fsp3) is 0.0714. The Morgan fingerprint density at radius 2 is 1.86 bits per heavy atom. The lowest BCUT2D eigenvalue weighted by Gasteiger charge is -2.09. The van der Waals surface area contributed by atoms with E-state index in [4.69, 9.17) is 10.6 Å². The van der Waals surface area contributed by atoms with E-state index >= 15 is 0 Å². The normalized spacial score (nSPS) is 10.1. The second-order valence-electron chi connectivity index (χ2n) is 4.15. The molecule has 5 nitrogen and oxygen atoms in total. The number of carbonyl (C=O) groups excluding carboxylic acids is 1. The third-order valence-corrected chi connectivity index (χ3v) is 2.78. The lowest BCUT2D eigenvalue weighted by Crippen LogP contribution is -2.15. The molecule has 2 aromatic rings. The Labute approximate surface area is 119 Å². The number of benzene rings is 2. The van der Waals surface area contributed by atoms with Crippen LogP contribution in [0.3, 0.4) is 0 Å². The van der Waals surface area contributed by atoms with Crippen molar-refractivity contribution in [3.05, 3.63) is 53.6 Å². The largest absolute Gasteiger partial charge is 0.497 e. The van der Waals surface area contributed by atoms with Crippen LogP contribution in [0.2, 0.25) is 0 Å². The first-order valence-electron chi connectivity index (χ1n) is 5.96. The van der Waals surface area contributed by atoms with Crippen LogP contribution in [0.4, 0.5) is 20.2 Å². The van der Waals surface area contributed by atoms with Gasteiger partial charge >= 0.3 is 0 Å². The van der Waals surface area contributed by atoms with Gasteiger partial charge in [-0.1, -0.05) is 6.07 Å². The number of methoxy groups -OCH3 is 1. The van der Waals surface area contributed by atoms with Crippen molar-refractivity contribution in [1.29, 1.82) is 0 Å². The summed E-state index contributed by atoms with van der Waals surface area (Å²) in [6.07, 6.45) is 0. The molecule has 0 aliphatic carbocycles. The number of halogens is 2. The average molecular weight is 293 g/mol. The summed E-state index contributed by atoms with van der Waals surface area (Å²) in [5.74, 6) is 2.99. The van der Waals surface area contributed by atoms with Gasteiger partial charge in [-0.05, 0) is 24.3 Å². The molecule has 21 heavy (non-hydrogen) atoms. The maximum Gasteiger partial charge on any atom is 0.255 e. The lowest BCUT2D eigenvalue weighted by atomic mass is 10.1. The van der Waals surface area contributed by atoms with Gasteiger partial charge in [0.15, 0.2) is 11.6 Å². The van der Waals surface area contributed by atoms with Crippen LogP contribution in [0, 0.1) is 11.6 Å². The van der Waals surface area contributed by atoms with E-state index in [2.05, 4.69) is 5.32 Å². The van der Waals surface area contributed by atoms with Crippen LogP contribution in [0.1, 0.15) is 10.4 Å².